The third-order valence-electron chi connectivity index (χ3n) is 4.00. The number of benzene rings is 2. The van der Waals surface area contributed by atoms with Crippen LogP contribution in [0.3, 0.4) is 0 Å². The molecule has 2 heteroatoms. The fraction of sp³-hybridized carbons (Fsp3) is 0.368. The van der Waals surface area contributed by atoms with E-state index in [4.69, 9.17) is 10.5 Å². The predicted molar refractivity (Wildman–Crippen MR) is 88.8 cm³/mol. The average Bonchev–Trinajstić information content (AvgIpc) is 2.53. The summed E-state index contributed by atoms with van der Waals surface area (Å²) in [5, 5.41) is 0. The Bertz CT molecular complexity index is 545. The van der Waals surface area contributed by atoms with Gasteiger partial charge in [-0.15, -0.1) is 0 Å². The van der Waals surface area contributed by atoms with Crippen LogP contribution in [0.1, 0.15) is 48.9 Å². The maximum atomic E-state index is 6.17. The van der Waals surface area contributed by atoms with Crippen molar-refractivity contribution < 1.29 is 4.74 Å². The lowest BCUT2D eigenvalue weighted by molar-refractivity contribution is 0.290. The smallest absolute Gasteiger partial charge is 0.119 e. The van der Waals surface area contributed by atoms with Crippen LogP contribution in [-0.4, -0.2) is 6.61 Å². The Kier molecular flexibility index (Phi) is 5.40. The van der Waals surface area contributed by atoms with E-state index in [-0.39, 0.29) is 6.04 Å². The van der Waals surface area contributed by atoms with Crippen molar-refractivity contribution in [3.05, 3.63) is 65.2 Å². The zero-order chi connectivity index (χ0) is 15.2. The highest BCUT2D eigenvalue weighted by Gasteiger charge is 2.07. The van der Waals surface area contributed by atoms with Gasteiger partial charge in [0.2, 0.25) is 0 Å². The quantitative estimate of drug-likeness (QED) is 0.841. The summed E-state index contributed by atoms with van der Waals surface area (Å²) in [7, 11) is 0. The molecule has 112 valence electrons. The Morgan fingerprint density at radius 1 is 0.952 bits per heavy atom. The van der Waals surface area contributed by atoms with E-state index in [9.17, 15) is 0 Å². The number of aryl methyl sites for hydroxylation is 1. The van der Waals surface area contributed by atoms with Gasteiger partial charge in [0.1, 0.15) is 12.4 Å². The molecule has 2 unspecified atom stereocenters. The van der Waals surface area contributed by atoms with E-state index in [0.717, 1.165) is 17.7 Å². The lowest BCUT2D eigenvalue weighted by Crippen LogP contribution is -2.18. The Morgan fingerprint density at radius 3 is 2.10 bits per heavy atom. The van der Waals surface area contributed by atoms with Gasteiger partial charge in [0.25, 0.3) is 0 Å². The van der Waals surface area contributed by atoms with E-state index in [1.54, 1.807) is 0 Å². The topological polar surface area (TPSA) is 35.2 Å². The summed E-state index contributed by atoms with van der Waals surface area (Å²) < 4.78 is 5.80. The standard InChI is InChI=1S/C19H25NO/c1-4-15(3)16-9-11-18(12-10-16)21-13-19(20)17-7-5-14(2)6-8-17/h5-12,15,19H,4,13,20H2,1-3H3. The fourth-order valence-electron chi connectivity index (χ4n) is 2.22. The second-order valence-corrected chi connectivity index (χ2v) is 5.71. The zero-order valence-corrected chi connectivity index (χ0v) is 13.2. The Morgan fingerprint density at radius 2 is 1.52 bits per heavy atom. The molecule has 0 spiro atoms. The van der Waals surface area contributed by atoms with Crippen molar-refractivity contribution in [3.8, 4) is 5.75 Å². The first-order valence-electron chi connectivity index (χ1n) is 7.65. The average molecular weight is 283 g/mol. The molecule has 2 aromatic rings. The van der Waals surface area contributed by atoms with E-state index >= 15 is 0 Å². The van der Waals surface area contributed by atoms with E-state index in [1.807, 2.05) is 12.1 Å². The van der Waals surface area contributed by atoms with Crippen molar-refractivity contribution in [3.63, 3.8) is 0 Å². The molecular formula is C19H25NO. The molecule has 2 N–H and O–H groups in total. The summed E-state index contributed by atoms with van der Waals surface area (Å²) in [4.78, 5) is 0. The molecule has 0 saturated heterocycles. The number of ether oxygens (including phenoxy) is 1. The molecule has 2 rings (SSSR count). The van der Waals surface area contributed by atoms with Crippen molar-refractivity contribution in [2.24, 2.45) is 5.73 Å². The largest absolute Gasteiger partial charge is 0.492 e. The van der Waals surface area contributed by atoms with Crippen molar-refractivity contribution in [2.75, 3.05) is 6.61 Å². The van der Waals surface area contributed by atoms with E-state index in [2.05, 4.69) is 57.2 Å². The fourth-order valence-corrected chi connectivity index (χ4v) is 2.22. The first-order chi connectivity index (χ1) is 10.1. The van der Waals surface area contributed by atoms with Crippen LogP contribution < -0.4 is 10.5 Å². The van der Waals surface area contributed by atoms with Gasteiger partial charge in [-0.05, 0) is 42.5 Å². The molecule has 0 aromatic heterocycles. The molecule has 0 radical (unpaired) electrons. The summed E-state index contributed by atoms with van der Waals surface area (Å²) in [6.45, 7) is 7.01. The highest BCUT2D eigenvalue weighted by atomic mass is 16.5. The van der Waals surface area contributed by atoms with Gasteiger partial charge >= 0.3 is 0 Å². The molecule has 0 bridgehead atoms. The molecule has 0 saturated carbocycles. The molecule has 0 aliphatic rings. The lowest BCUT2D eigenvalue weighted by atomic mass is 9.99. The molecule has 0 aliphatic heterocycles. The van der Waals surface area contributed by atoms with Crippen molar-refractivity contribution in [1.29, 1.82) is 0 Å². The summed E-state index contributed by atoms with van der Waals surface area (Å²) >= 11 is 0. The minimum Gasteiger partial charge on any atom is -0.492 e. The number of rotatable bonds is 6. The normalized spacial score (nSPS) is 13.7. The third-order valence-corrected chi connectivity index (χ3v) is 4.00. The summed E-state index contributed by atoms with van der Waals surface area (Å²) in [6, 6.07) is 16.5. The van der Waals surface area contributed by atoms with Crippen molar-refractivity contribution >= 4 is 0 Å². The van der Waals surface area contributed by atoms with Crippen LogP contribution >= 0.6 is 0 Å². The Hall–Kier alpha value is -1.80. The molecule has 0 heterocycles. The van der Waals surface area contributed by atoms with Gasteiger partial charge in [-0.3, -0.25) is 0 Å². The molecule has 0 aliphatic carbocycles. The molecule has 2 nitrogen and oxygen atoms in total. The summed E-state index contributed by atoms with van der Waals surface area (Å²) in [5.74, 6) is 1.47. The molecule has 21 heavy (non-hydrogen) atoms. The lowest BCUT2D eigenvalue weighted by Gasteiger charge is -2.15. The first kappa shape index (κ1) is 15.6. The van der Waals surface area contributed by atoms with Gasteiger partial charge in [0.15, 0.2) is 0 Å². The molecule has 2 atom stereocenters. The van der Waals surface area contributed by atoms with Crippen molar-refractivity contribution in [2.45, 2.75) is 39.2 Å². The molecule has 0 fully saturated rings. The SMILES string of the molecule is CCC(C)c1ccc(OCC(N)c2ccc(C)cc2)cc1. The van der Waals surface area contributed by atoms with Crippen molar-refractivity contribution in [1.82, 2.24) is 0 Å². The monoisotopic (exact) mass is 283 g/mol. The van der Waals surface area contributed by atoms with Gasteiger partial charge in [-0.25, -0.2) is 0 Å². The summed E-state index contributed by atoms with van der Waals surface area (Å²) in [6.07, 6.45) is 1.15. The van der Waals surface area contributed by atoms with Gasteiger partial charge in [0.05, 0.1) is 6.04 Å². The van der Waals surface area contributed by atoms with Crippen LogP contribution in [0.5, 0.6) is 5.75 Å². The van der Waals surface area contributed by atoms with Gasteiger partial charge in [-0.1, -0.05) is 55.8 Å². The zero-order valence-electron chi connectivity index (χ0n) is 13.2. The maximum absolute atomic E-state index is 6.17. The Labute approximate surface area is 127 Å². The van der Waals surface area contributed by atoms with Crippen LogP contribution in [0.2, 0.25) is 0 Å². The molecule has 0 amide bonds. The van der Waals surface area contributed by atoms with E-state index in [0.29, 0.717) is 12.5 Å². The third kappa shape index (κ3) is 4.33. The van der Waals surface area contributed by atoms with Crippen LogP contribution in [-0.2, 0) is 0 Å². The van der Waals surface area contributed by atoms with Crippen LogP contribution in [0.15, 0.2) is 48.5 Å². The summed E-state index contributed by atoms with van der Waals surface area (Å²) in [5.41, 5.74) is 9.87. The second-order valence-electron chi connectivity index (χ2n) is 5.71. The Balaban J connectivity index is 1.92. The number of nitrogens with two attached hydrogens (primary N) is 1. The van der Waals surface area contributed by atoms with Crippen LogP contribution in [0.25, 0.3) is 0 Å². The minimum absolute atomic E-state index is 0.0974. The first-order valence-corrected chi connectivity index (χ1v) is 7.65. The highest BCUT2D eigenvalue weighted by Crippen LogP contribution is 2.22. The molecular weight excluding hydrogens is 258 g/mol. The van der Waals surface area contributed by atoms with Crippen LogP contribution in [0.4, 0.5) is 0 Å². The predicted octanol–water partition coefficient (Wildman–Crippen LogP) is 4.59. The van der Waals surface area contributed by atoms with Gasteiger partial charge in [-0.2, -0.15) is 0 Å². The van der Waals surface area contributed by atoms with E-state index < -0.39 is 0 Å². The van der Waals surface area contributed by atoms with Crippen LogP contribution in [0, 0.1) is 6.92 Å². The molecule has 2 aromatic carbocycles. The van der Waals surface area contributed by atoms with Gasteiger partial charge < -0.3 is 10.5 Å². The number of hydrogen-bond acceptors (Lipinski definition) is 2. The van der Waals surface area contributed by atoms with Gasteiger partial charge in [0, 0.05) is 0 Å². The highest BCUT2D eigenvalue weighted by molar-refractivity contribution is 5.29. The van der Waals surface area contributed by atoms with E-state index in [1.165, 1.54) is 11.1 Å². The number of hydrogen-bond donors (Lipinski definition) is 1. The second kappa shape index (κ2) is 7.28. The maximum Gasteiger partial charge on any atom is 0.119 e. The minimum atomic E-state index is -0.0974.